The molecule has 0 fully saturated rings. The summed E-state index contributed by atoms with van der Waals surface area (Å²) in [5, 5.41) is 3.59. The highest BCUT2D eigenvalue weighted by Gasteiger charge is 2.13. The van der Waals surface area contributed by atoms with Crippen LogP contribution in [0.15, 0.2) is 83.6 Å². The van der Waals surface area contributed by atoms with Crippen LogP contribution in [-0.2, 0) is 0 Å². The Labute approximate surface area is 133 Å². The van der Waals surface area contributed by atoms with E-state index in [-0.39, 0.29) is 6.04 Å². The van der Waals surface area contributed by atoms with Gasteiger partial charge in [-0.3, -0.25) is 4.98 Å². The Morgan fingerprint density at radius 3 is 2.05 bits per heavy atom. The second kappa shape index (κ2) is 6.55. The highest BCUT2D eigenvalue weighted by atomic mass is 79.9. The number of pyridine rings is 1. The number of nitrogens with zero attached hydrogens (tertiary/aromatic N) is 1. The Morgan fingerprint density at radius 2 is 1.38 bits per heavy atom. The smallest absolute Gasteiger partial charge is 0.0768 e. The van der Waals surface area contributed by atoms with Gasteiger partial charge in [0.1, 0.15) is 0 Å². The van der Waals surface area contributed by atoms with Gasteiger partial charge >= 0.3 is 0 Å². The lowest BCUT2D eigenvalue weighted by molar-refractivity contribution is 0.934. The van der Waals surface area contributed by atoms with Gasteiger partial charge < -0.3 is 5.32 Å². The zero-order valence-corrected chi connectivity index (χ0v) is 13.0. The van der Waals surface area contributed by atoms with Crippen LogP contribution in [0.1, 0.15) is 17.2 Å². The van der Waals surface area contributed by atoms with Crippen LogP contribution >= 0.6 is 15.9 Å². The van der Waals surface area contributed by atoms with E-state index >= 15 is 0 Å². The van der Waals surface area contributed by atoms with Crippen molar-refractivity contribution in [1.29, 1.82) is 0 Å². The van der Waals surface area contributed by atoms with Gasteiger partial charge in [-0.1, -0.05) is 46.3 Å². The van der Waals surface area contributed by atoms with E-state index in [1.165, 1.54) is 11.1 Å². The third-order valence-corrected chi connectivity index (χ3v) is 3.86. The maximum absolute atomic E-state index is 4.11. The lowest BCUT2D eigenvalue weighted by atomic mass is 9.99. The van der Waals surface area contributed by atoms with E-state index < -0.39 is 0 Å². The summed E-state index contributed by atoms with van der Waals surface area (Å²) in [5.74, 6) is 0. The Kier molecular flexibility index (Phi) is 4.31. The fourth-order valence-corrected chi connectivity index (χ4v) is 2.54. The normalized spacial score (nSPS) is 11.9. The summed E-state index contributed by atoms with van der Waals surface area (Å²) in [6, 6.07) is 22.8. The molecule has 0 spiro atoms. The second-order valence-corrected chi connectivity index (χ2v) is 5.69. The number of hydrogen-bond acceptors (Lipinski definition) is 2. The molecule has 0 aliphatic carbocycles. The van der Waals surface area contributed by atoms with Gasteiger partial charge in [0, 0.05) is 22.6 Å². The van der Waals surface area contributed by atoms with Crippen molar-refractivity contribution in [1.82, 2.24) is 4.98 Å². The van der Waals surface area contributed by atoms with Crippen molar-refractivity contribution in [3.63, 3.8) is 0 Å². The summed E-state index contributed by atoms with van der Waals surface area (Å²) in [6.07, 6.45) is 3.66. The summed E-state index contributed by atoms with van der Waals surface area (Å²) < 4.78 is 1.08. The van der Waals surface area contributed by atoms with Gasteiger partial charge in [0.25, 0.3) is 0 Å². The number of nitrogens with one attached hydrogen (secondary N) is 1. The summed E-state index contributed by atoms with van der Waals surface area (Å²) >= 11 is 3.47. The Balaban J connectivity index is 1.95. The molecule has 0 aliphatic rings. The van der Waals surface area contributed by atoms with Crippen molar-refractivity contribution in [3.05, 3.63) is 94.7 Å². The molecule has 2 aromatic carbocycles. The van der Waals surface area contributed by atoms with Gasteiger partial charge in [0.05, 0.1) is 6.04 Å². The number of anilines is 1. The van der Waals surface area contributed by atoms with Crippen LogP contribution in [0, 0.1) is 0 Å². The molecule has 0 unspecified atom stereocenters. The largest absolute Gasteiger partial charge is 0.374 e. The molecule has 1 aromatic heterocycles. The van der Waals surface area contributed by atoms with Crippen molar-refractivity contribution in [2.24, 2.45) is 0 Å². The minimum Gasteiger partial charge on any atom is -0.374 e. The molecular weight excluding hydrogens is 324 g/mol. The van der Waals surface area contributed by atoms with Gasteiger partial charge in [0.15, 0.2) is 0 Å². The molecule has 3 heteroatoms. The number of hydrogen-bond donors (Lipinski definition) is 1. The number of halogens is 1. The van der Waals surface area contributed by atoms with Crippen LogP contribution in [0.3, 0.4) is 0 Å². The highest BCUT2D eigenvalue weighted by Crippen LogP contribution is 2.26. The van der Waals surface area contributed by atoms with Crippen LogP contribution in [0.4, 0.5) is 5.69 Å². The predicted octanol–water partition coefficient (Wildman–Crippen LogP) is 5.05. The van der Waals surface area contributed by atoms with E-state index in [0.29, 0.717) is 0 Å². The average molecular weight is 339 g/mol. The minimum absolute atomic E-state index is 0.107. The molecule has 104 valence electrons. The second-order valence-electron chi connectivity index (χ2n) is 4.78. The molecule has 0 saturated heterocycles. The first-order valence-corrected chi connectivity index (χ1v) is 7.59. The molecule has 0 radical (unpaired) electrons. The number of aromatic nitrogens is 1. The third kappa shape index (κ3) is 3.50. The van der Waals surface area contributed by atoms with Gasteiger partial charge in [0.2, 0.25) is 0 Å². The molecule has 3 rings (SSSR count). The Hall–Kier alpha value is -2.13. The lowest BCUT2D eigenvalue weighted by Gasteiger charge is -2.21. The van der Waals surface area contributed by atoms with Crippen molar-refractivity contribution < 1.29 is 0 Å². The maximum Gasteiger partial charge on any atom is 0.0768 e. The molecule has 1 N–H and O–H groups in total. The van der Waals surface area contributed by atoms with Crippen LogP contribution in [0.5, 0.6) is 0 Å². The standard InChI is InChI=1S/C18H15BrN2/c19-16-6-8-17(9-7-16)21-18(14-4-2-1-3-5-14)15-10-12-20-13-11-15/h1-13,18,21H/t18-/m0/s1. The van der Waals surface area contributed by atoms with Crippen LogP contribution in [0.25, 0.3) is 0 Å². The zero-order valence-electron chi connectivity index (χ0n) is 11.4. The van der Waals surface area contributed by atoms with Crippen molar-refractivity contribution in [3.8, 4) is 0 Å². The third-order valence-electron chi connectivity index (χ3n) is 3.33. The van der Waals surface area contributed by atoms with E-state index in [1.54, 1.807) is 0 Å². The van der Waals surface area contributed by atoms with E-state index in [2.05, 4.69) is 62.6 Å². The monoisotopic (exact) mass is 338 g/mol. The summed E-state index contributed by atoms with van der Waals surface area (Å²) in [6.45, 7) is 0. The van der Waals surface area contributed by atoms with Gasteiger partial charge in [-0.25, -0.2) is 0 Å². The molecule has 0 bridgehead atoms. The Morgan fingerprint density at radius 1 is 0.762 bits per heavy atom. The zero-order chi connectivity index (χ0) is 14.5. The fourth-order valence-electron chi connectivity index (χ4n) is 2.27. The van der Waals surface area contributed by atoms with Gasteiger partial charge in [-0.05, 0) is 47.5 Å². The average Bonchev–Trinajstić information content (AvgIpc) is 2.56. The fraction of sp³-hybridized carbons (Fsp3) is 0.0556. The molecule has 1 atom stereocenters. The van der Waals surface area contributed by atoms with Gasteiger partial charge in [-0.2, -0.15) is 0 Å². The molecular formula is C18H15BrN2. The Bertz CT molecular complexity index is 642. The summed E-state index contributed by atoms with van der Waals surface area (Å²) in [7, 11) is 0. The first-order valence-electron chi connectivity index (χ1n) is 6.80. The molecule has 3 aromatic rings. The number of benzene rings is 2. The van der Waals surface area contributed by atoms with Crippen LogP contribution < -0.4 is 5.32 Å². The SMILES string of the molecule is Brc1ccc(N[C@@H](c2ccccc2)c2ccncc2)cc1. The van der Waals surface area contributed by atoms with E-state index in [1.807, 2.05) is 42.7 Å². The molecule has 0 aliphatic heterocycles. The first-order chi connectivity index (χ1) is 10.3. The highest BCUT2D eigenvalue weighted by molar-refractivity contribution is 9.10. The predicted molar refractivity (Wildman–Crippen MR) is 90.3 cm³/mol. The van der Waals surface area contributed by atoms with Crippen molar-refractivity contribution >= 4 is 21.6 Å². The van der Waals surface area contributed by atoms with Gasteiger partial charge in [-0.15, -0.1) is 0 Å². The lowest BCUT2D eigenvalue weighted by Crippen LogP contribution is -2.12. The molecule has 0 saturated carbocycles. The molecule has 21 heavy (non-hydrogen) atoms. The van der Waals surface area contributed by atoms with Crippen LogP contribution in [-0.4, -0.2) is 4.98 Å². The minimum atomic E-state index is 0.107. The van der Waals surface area contributed by atoms with Crippen molar-refractivity contribution in [2.45, 2.75) is 6.04 Å². The van der Waals surface area contributed by atoms with Crippen molar-refractivity contribution in [2.75, 3.05) is 5.32 Å². The topological polar surface area (TPSA) is 24.9 Å². The summed E-state index contributed by atoms with van der Waals surface area (Å²) in [4.78, 5) is 4.11. The maximum atomic E-state index is 4.11. The van der Waals surface area contributed by atoms with E-state index in [4.69, 9.17) is 0 Å². The van der Waals surface area contributed by atoms with E-state index in [9.17, 15) is 0 Å². The number of rotatable bonds is 4. The molecule has 0 amide bonds. The summed E-state index contributed by atoms with van der Waals surface area (Å²) in [5.41, 5.74) is 3.51. The van der Waals surface area contributed by atoms with E-state index in [0.717, 1.165) is 10.2 Å². The molecule has 2 nitrogen and oxygen atoms in total. The molecule has 1 heterocycles. The van der Waals surface area contributed by atoms with Crippen LogP contribution in [0.2, 0.25) is 0 Å². The first kappa shape index (κ1) is 13.8. The quantitative estimate of drug-likeness (QED) is 0.720.